The summed E-state index contributed by atoms with van der Waals surface area (Å²) >= 11 is 0. The zero-order valence-electron chi connectivity index (χ0n) is 33.0. The Kier molecular flexibility index (Phi) is 8.94. The topological polar surface area (TPSA) is 27.7 Å². The molecule has 0 aromatic heterocycles. The van der Waals surface area contributed by atoms with Gasteiger partial charge < -0.3 is 14.2 Å². The fourth-order valence-corrected chi connectivity index (χ4v) is 14.4. The number of hydrogen-bond acceptors (Lipinski definition) is 3. The number of rotatable bonds is 6. The van der Waals surface area contributed by atoms with Gasteiger partial charge in [0.25, 0.3) is 0 Å². The minimum Gasteiger partial charge on any atom is -0.351 e. The fraction of sp³-hybridized carbons (Fsp3) is 0.867. The van der Waals surface area contributed by atoms with E-state index < -0.39 is 0 Å². The van der Waals surface area contributed by atoms with E-state index in [4.69, 9.17) is 14.2 Å². The summed E-state index contributed by atoms with van der Waals surface area (Å²) in [5.41, 5.74) is 6.30. The lowest BCUT2D eigenvalue weighted by atomic mass is 9.48. The minimum atomic E-state index is -0.295. The van der Waals surface area contributed by atoms with Crippen molar-refractivity contribution in [3.63, 3.8) is 0 Å². The summed E-state index contributed by atoms with van der Waals surface area (Å²) in [6.45, 7) is 29.2. The standard InChI is InChI=1S/C45H72O3/c1-29-15-18-34-40(3,4)21-12-24-43(34,9)32(29)27-46-38-31-17-20-36-42(7,8)23-14-26-45(36,11)37(31)39(48-38)47-28-33-30(2)16-19-35-41(5,6)22-13-25-44(33,35)10/h15-17,32-39H,12-14,18-28H2,1-11H3/t32-,33-,34-,35-,36-,37+,38-,39+,43+,44+,45-/m0/s1. The third-order valence-electron chi connectivity index (χ3n) is 17.2. The van der Waals surface area contributed by atoms with E-state index in [9.17, 15) is 0 Å². The minimum absolute atomic E-state index is 0.163. The van der Waals surface area contributed by atoms with Gasteiger partial charge in [0.05, 0.1) is 13.2 Å². The molecule has 3 nitrogen and oxygen atoms in total. The Morgan fingerprint density at radius 1 is 0.562 bits per heavy atom. The van der Waals surface area contributed by atoms with Crippen molar-refractivity contribution >= 4 is 0 Å². The average Bonchev–Trinajstić information content (AvgIpc) is 3.33. The third kappa shape index (κ3) is 5.52. The zero-order valence-corrected chi connectivity index (χ0v) is 33.0. The summed E-state index contributed by atoms with van der Waals surface area (Å²) < 4.78 is 21.4. The molecular formula is C45H72O3. The zero-order chi connectivity index (χ0) is 34.5. The molecule has 0 N–H and O–H groups in total. The first kappa shape index (κ1) is 35.5. The van der Waals surface area contributed by atoms with Crippen molar-refractivity contribution < 1.29 is 14.2 Å². The molecule has 4 fully saturated rings. The quantitative estimate of drug-likeness (QED) is 0.265. The molecule has 0 aromatic carbocycles. The molecule has 1 saturated heterocycles. The number of fused-ring (bicyclic) bond motifs is 5. The van der Waals surface area contributed by atoms with Crippen LogP contribution in [0.1, 0.15) is 153 Å². The Bertz CT molecular complexity index is 1330. The predicted molar refractivity (Wildman–Crippen MR) is 198 cm³/mol. The Morgan fingerprint density at radius 2 is 0.979 bits per heavy atom. The van der Waals surface area contributed by atoms with E-state index in [1.807, 2.05) is 0 Å². The lowest BCUT2D eigenvalue weighted by Crippen LogP contribution is -2.52. The van der Waals surface area contributed by atoms with E-state index in [0.717, 1.165) is 19.6 Å². The molecule has 3 heteroatoms. The van der Waals surface area contributed by atoms with Crippen LogP contribution in [-0.2, 0) is 14.2 Å². The summed E-state index contributed by atoms with van der Waals surface area (Å²) in [5.74, 6) is 3.23. The normalized spacial score (nSPS) is 47.4. The largest absolute Gasteiger partial charge is 0.351 e. The first-order chi connectivity index (χ1) is 22.4. The summed E-state index contributed by atoms with van der Waals surface area (Å²) in [5, 5.41) is 0. The van der Waals surface area contributed by atoms with Crippen LogP contribution in [0.3, 0.4) is 0 Å². The van der Waals surface area contributed by atoms with Gasteiger partial charge in [-0.25, -0.2) is 0 Å². The Hall–Kier alpha value is -0.900. The van der Waals surface area contributed by atoms with Crippen molar-refractivity contribution in [1.82, 2.24) is 0 Å². The molecule has 1 aliphatic heterocycles. The van der Waals surface area contributed by atoms with Crippen LogP contribution in [0, 0.1) is 68.0 Å². The van der Waals surface area contributed by atoms with Gasteiger partial charge in [-0.3, -0.25) is 0 Å². The van der Waals surface area contributed by atoms with Crippen LogP contribution in [0.25, 0.3) is 0 Å². The van der Waals surface area contributed by atoms with Gasteiger partial charge in [-0.1, -0.05) is 111 Å². The second-order valence-electron chi connectivity index (χ2n) is 21.1. The monoisotopic (exact) mass is 661 g/mol. The molecule has 0 unspecified atom stereocenters. The van der Waals surface area contributed by atoms with Gasteiger partial charge in [0.15, 0.2) is 12.6 Å². The first-order valence-corrected chi connectivity index (χ1v) is 20.4. The van der Waals surface area contributed by atoms with Crippen LogP contribution < -0.4 is 0 Å². The highest BCUT2D eigenvalue weighted by Crippen LogP contribution is 2.65. The maximum Gasteiger partial charge on any atom is 0.183 e. The molecule has 0 radical (unpaired) electrons. The maximum absolute atomic E-state index is 7.23. The lowest BCUT2D eigenvalue weighted by molar-refractivity contribution is -0.234. The van der Waals surface area contributed by atoms with Gasteiger partial charge >= 0.3 is 0 Å². The summed E-state index contributed by atoms with van der Waals surface area (Å²) in [7, 11) is 0. The van der Waals surface area contributed by atoms with Crippen LogP contribution in [0.15, 0.2) is 34.9 Å². The molecular weight excluding hydrogens is 588 g/mol. The smallest absolute Gasteiger partial charge is 0.183 e. The molecule has 1 heterocycles. The van der Waals surface area contributed by atoms with Crippen LogP contribution in [-0.4, -0.2) is 25.8 Å². The molecule has 7 rings (SSSR count). The highest BCUT2D eigenvalue weighted by Gasteiger charge is 2.61. The molecule has 270 valence electrons. The van der Waals surface area contributed by atoms with Crippen molar-refractivity contribution in [2.45, 2.75) is 166 Å². The first-order valence-electron chi connectivity index (χ1n) is 20.4. The fourth-order valence-electron chi connectivity index (χ4n) is 14.4. The average molecular weight is 661 g/mol. The maximum atomic E-state index is 7.23. The molecule has 0 bridgehead atoms. The van der Waals surface area contributed by atoms with Crippen molar-refractivity contribution in [3.8, 4) is 0 Å². The lowest BCUT2D eigenvalue weighted by Gasteiger charge is -2.57. The van der Waals surface area contributed by atoms with Crippen molar-refractivity contribution in [2.75, 3.05) is 13.2 Å². The van der Waals surface area contributed by atoms with E-state index in [1.165, 1.54) is 87.3 Å². The predicted octanol–water partition coefficient (Wildman–Crippen LogP) is 12.1. The van der Waals surface area contributed by atoms with Crippen molar-refractivity contribution in [1.29, 1.82) is 0 Å². The molecule has 11 atom stereocenters. The molecule has 3 saturated carbocycles. The van der Waals surface area contributed by atoms with Crippen molar-refractivity contribution in [3.05, 3.63) is 34.9 Å². The SMILES string of the molecule is CC1=CC[C@H]2C(C)(C)CCC[C@]2(C)[C@H]1CO[C@H]1O[C@@H](OC[C@H]2C(C)=CC[C@H]3C(C)(C)CCC[C@]23C)[C@H]2C1=CC[C@H]1C(C)(C)CCC[C@]21C. The Labute approximate surface area is 295 Å². The summed E-state index contributed by atoms with van der Waals surface area (Å²) in [6.07, 6.45) is 22.5. The number of allylic oxidation sites excluding steroid dienone is 3. The van der Waals surface area contributed by atoms with Crippen LogP contribution >= 0.6 is 0 Å². The molecule has 0 aromatic rings. The number of hydrogen-bond donors (Lipinski definition) is 0. The summed E-state index contributed by atoms with van der Waals surface area (Å²) in [4.78, 5) is 0. The van der Waals surface area contributed by atoms with Crippen LogP contribution in [0.5, 0.6) is 0 Å². The van der Waals surface area contributed by atoms with Gasteiger partial charge in [0.2, 0.25) is 0 Å². The molecule has 48 heavy (non-hydrogen) atoms. The third-order valence-corrected chi connectivity index (χ3v) is 17.2. The van der Waals surface area contributed by atoms with E-state index in [-0.39, 0.29) is 34.7 Å². The highest BCUT2D eigenvalue weighted by molar-refractivity contribution is 5.27. The molecule has 0 amide bonds. The number of ether oxygens (including phenoxy) is 3. The van der Waals surface area contributed by atoms with Gasteiger partial charge in [-0.15, -0.1) is 0 Å². The molecule has 6 aliphatic carbocycles. The van der Waals surface area contributed by atoms with E-state index in [2.05, 4.69) is 94.4 Å². The second-order valence-corrected chi connectivity index (χ2v) is 21.1. The highest BCUT2D eigenvalue weighted by atomic mass is 16.8. The van der Waals surface area contributed by atoms with E-state index >= 15 is 0 Å². The van der Waals surface area contributed by atoms with Crippen molar-refractivity contribution in [2.24, 2.45) is 68.0 Å². The van der Waals surface area contributed by atoms with Crippen LogP contribution in [0.2, 0.25) is 0 Å². The molecule has 0 spiro atoms. The van der Waals surface area contributed by atoms with Gasteiger partial charge in [-0.2, -0.15) is 0 Å². The molecule has 7 aliphatic rings. The van der Waals surface area contributed by atoms with Gasteiger partial charge in [-0.05, 0) is 127 Å². The van der Waals surface area contributed by atoms with Gasteiger partial charge in [0, 0.05) is 17.8 Å². The van der Waals surface area contributed by atoms with Gasteiger partial charge in [0.1, 0.15) is 0 Å². The van der Waals surface area contributed by atoms with E-state index in [1.54, 1.807) is 0 Å². The van der Waals surface area contributed by atoms with Crippen LogP contribution in [0.4, 0.5) is 0 Å². The Balaban J connectivity index is 1.16. The Morgan fingerprint density at radius 3 is 1.48 bits per heavy atom. The van der Waals surface area contributed by atoms with E-state index in [0.29, 0.717) is 45.8 Å². The second kappa shape index (κ2) is 12.1. The summed E-state index contributed by atoms with van der Waals surface area (Å²) in [6, 6.07) is 0.